The fourth-order valence-electron chi connectivity index (χ4n) is 0.267. The van der Waals surface area contributed by atoms with E-state index in [-0.39, 0.29) is 0 Å². The molecule has 0 aromatic heterocycles. The highest BCUT2D eigenvalue weighted by Crippen LogP contribution is 2.31. The molecule has 54 valence electrons. The molecule has 0 amide bonds. The molecule has 0 bridgehead atoms. The number of rotatable bonds is 2. The van der Waals surface area contributed by atoms with Gasteiger partial charge in [-0.05, 0) is 5.04 Å². The number of aliphatic hydroxyl groups is 1. The van der Waals surface area contributed by atoms with E-state index >= 15 is 0 Å². The third-order valence-corrected chi connectivity index (χ3v) is 2.66. The molecule has 2 N–H and O–H groups in total. The Labute approximate surface area is 66.3 Å². The second-order valence-corrected chi connectivity index (χ2v) is 4.61. The number of hydrogen-bond acceptors (Lipinski definition) is 2. The number of carbonyl (C=O) groups is 1. The molecule has 1 unspecified atom stereocenters. The first kappa shape index (κ1) is 9.86. The van der Waals surface area contributed by atoms with Gasteiger partial charge in [0, 0.05) is 10.2 Å². The highest BCUT2D eigenvalue weighted by atomic mass is 28.2. The average Bonchev–Trinajstić information content (AvgIpc) is 1.62. The molecule has 0 spiro atoms. The van der Waals surface area contributed by atoms with Gasteiger partial charge in [-0.15, -0.1) is 0 Å². The van der Waals surface area contributed by atoms with Crippen molar-refractivity contribution in [2.75, 3.05) is 0 Å². The highest BCUT2D eigenvalue weighted by Gasteiger charge is 2.42. The van der Waals surface area contributed by atoms with Gasteiger partial charge in [0.25, 0.3) is 0 Å². The van der Waals surface area contributed by atoms with Crippen molar-refractivity contribution in [1.82, 2.24) is 0 Å². The van der Waals surface area contributed by atoms with Crippen LogP contribution in [0.25, 0.3) is 0 Å². The molecular formula is C5H8O3Si2. The van der Waals surface area contributed by atoms with E-state index in [1.54, 1.807) is 13.8 Å². The molecule has 10 heavy (non-hydrogen) atoms. The molecule has 3 nitrogen and oxygen atoms in total. The topological polar surface area (TPSA) is 57.5 Å². The molecule has 5 heteroatoms. The average molecular weight is 172 g/mol. The van der Waals surface area contributed by atoms with Gasteiger partial charge < -0.3 is 10.2 Å². The summed E-state index contributed by atoms with van der Waals surface area (Å²) in [6, 6.07) is 0. The van der Waals surface area contributed by atoms with Crippen LogP contribution in [0.3, 0.4) is 0 Å². The van der Waals surface area contributed by atoms with E-state index in [1.165, 1.54) is 0 Å². The minimum absolute atomic E-state index is 0.907. The molecule has 0 heterocycles. The third-order valence-electron chi connectivity index (χ3n) is 1.21. The van der Waals surface area contributed by atoms with E-state index in [0.717, 1.165) is 0 Å². The molecule has 0 saturated heterocycles. The van der Waals surface area contributed by atoms with E-state index in [9.17, 15) is 9.90 Å². The predicted octanol–water partition coefficient (Wildman–Crippen LogP) is -0.705. The van der Waals surface area contributed by atoms with E-state index in [2.05, 4.69) is 20.5 Å². The monoisotopic (exact) mass is 172 g/mol. The Bertz CT molecular complexity index is 147. The zero-order valence-electron chi connectivity index (χ0n) is 5.80. The Balaban J connectivity index is 4.57. The van der Waals surface area contributed by atoms with Crippen molar-refractivity contribution in [1.29, 1.82) is 0 Å². The van der Waals surface area contributed by atoms with Crippen molar-refractivity contribution in [2.24, 2.45) is 0 Å². The van der Waals surface area contributed by atoms with Gasteiger partial charge in [0.1, 0.15) is 5.22 Å². The number of carboxylic acids is 1. The van der Waals surface area contributed by atoms with Crippen molar-refractivity contribution in [3.8, 4) is 0 Å². The molecule has 0 rings (SSSR count). The van der Waals surface area contributed by atoms with Crippen LogP contribution in [-0.4, -0.2) is 41.9 Å². The van der Waals surface area contributed by atoms with Gasteiger partial charge in [-0.2, -0.15) is 0 Å². The number of carboxylic acid groups (broad SMARTS) is 1. The van der Waals surface area contributed by atoms with Gasteiger partial charge >= 0.3 is 5.97 Å². The predicted molar refractivity (Wildman–Crippen MR) is 38.1 cm³/mol. The molecule has 0 aliphatic carbocycles. The summed E-state index contributed by atoms with van der Waals surface area (Å²) in [6.45, 7) is 3.09. The van der Waals surface area contributed by atoms with Crippen molar-refractivity contribution in [2.45, 2.75) is 24.1 Å². The SMILES string of the molecule is CC(C)([Si])C(O)([Si])C(=O)O. The van der Waals surface area contributed by atoms with Gasteiger partial charge in [-0.1, -0.05) is 13.8 Å². The minimum atomic E-state index is -1.93. The zero-order valence-corrected chi connectivity index (χ0v) is 7.80. The lowest BCUT2D eigenvalue weighted by Crippen LogP contribution is -2.48. The second kappa shape index (κ2) is 2.48. The van der Waals surface area contributed by atoms with Crippen molar-refractivity contribution in [3.05, 3.63) is 0 Å². The lowest BCUT2D eigenvalue weighted by molar-refractivity contribution is -0.152. The van der Waals surface area contributed by atoms with Crippen LogP contribution in [0.4, 0.5) is 0 Å². The number of aliphatic carboxylic acids is 1. The van der Waals surface area contributed by atoms with Crippen LogP contribution in [-0.2, 0) is 4.79 Å². The molecule has 0 aliphatic heterocycles. The smallest absolute Gasteiger partial charge is 0.331 e. The maximum absolute atomic E-state index is 10.3. The normalized spacial score (nSPS) is 18.1. The summed E-state index contributed by atoms with van der Waals surface area (Å²) < 4.78 is 0. The summed E-state index contributed by atoms with van der Waals surface area (Å²) in [5.74, 6) is -1.32. The largest absolute Gasteiger partial charge is 0.479 e. The van der Waals surface area contributed by atoms with Crippen molar-refractivity contribution < 1.29 is 15.0 Å². The first-order chi connectivity index (χ1) is 4.19. The summed E-state index contributed by atoms with van der Waals surface area (Å²) >= 11 is 0. The summed E-state index contributed by atoms with van der Waals surface area (Å²) in [4.78, 5) is 10.3. The Morgan fingerprint density at radius 1 is 1.40 bits per heavy atom. The van der Waals surface area contributed by atoms with Crippen LogP contribution < -0.4 is 0 Å². The lowest BCUT2D eigenvalue weighted by Gasteiger charge is -2.32. The molecular weight excluding hydrogens is 164 g/mol. The van der Waals surface area contributed by atoms with Crippen molar-refractivity contribution in [3.63, 3.8) is 0 Å². The van der Waals surface area contributed by atoms with Gasteiger partial charge in [0.2, 0.25) is 0 Å². The highest BCUT2D eigenvalue weighted by molar-refractivity contribution is 6.33. The zero-order chi connectivity index (χ0) is 8.58. The van der Waals surface area contributed by atoms with Crippen LogP contribution >= 0.6 is 0 Å². The molecule has 0 saturated carbocycles. The Hall–Kier alpha value is -0.136. The molecule has 0 fully saturated rings. The maximum Gasteiger partial charge on any atom is 0.331 e. The van der Waals surface area contributed by atoms with Gasteiger partial charge in [-0.25, -0.2) is 4.79 Å². The Morgan fingerprint density at radius 2 is 1.70 bits per heavy atom. The van der Waals surface area contributed by atoms with E-state index in [4.69, 9.17) is 5.11 Å². The fourth-order valence-corrected chi connectivity index (χ4v) is 0.374. The van der Waals surface area contributed by atoms with Gasteiger partial charge in [0.05, 0.1) is 10.2 Å². The lowest BCUT2D eigenvalue weighted by atomic mass is 10.1. The molecule has 0 aliphatic rings. The molecule has 0 aromatic rings. The summed E-state index contributed by atoms with van der Waals surface area (Å²) in [6.07, 6.45) is 0. The second-order valence-electron chi connectivity index (χ2n) is 2.64. The van der Waals surface area contributed by atoms with E-state index < -0.39 is 16.2 Å². The third kappa shape index (κ3) is 1.68. The first-order valence-corrected chi connectivity index (χ1v) is 3.65. The van der Waals surface area contributed by atoms with Gasteiger partial charge in [-0.3, -0.25) is 0 Å². The summed E-state index contributed by atoms with van der Waals surface area (Å²) in [7, 11) is 5.80. The fraction of sp³-hybridized carbons (Fsp3) is 0.800. The minimum Gasteiger partial charge on any atom is -0.479 e. The van der Waals surface area contributed by atoms with Crippen LogP contribution in [0.1, 0.15) is 13.8 Å². The molecule has 0 aromatic carbocycles. The quantitative estimate of drug-likeness (QED) is 0.541. The Kier molecular flexibility index (Phi) is 2.45. The van der Waals surface area contributed by atoms with Crippen LogP contribution in [0.5, 0.6) is 0 Å². The Morgan fingerprint density at radius 3 is 1.70 bits per heavy atom. The van der Waals surface area contributed by atoms with E-state index in [1.807, 2.05) is 0 Å². The molecule has 6 radical (unpaired) electrons. The molecule has 1 atom stereocenters. The van der Waals surface area contributed by atoms with Crippen LogP contribution in [0, 0.1) is 0 Å². The number of hydrogen-bond donors (Lipinski definition) is 2. The summed E-state index contributed by atoms with van der Waals surface area (Å²) in [5.41, 5.74) is 0. The maximum atomic E-state index is 10.3. The van der Waals surface area contributed by atoms with Crippen LogP contribution in [0.15, 0.2) is 0 Å². The summed E-state index contributed by atoms with van der Waals surface area (Å²) in [5, 5.41) is 14.8. The van der Waals surface area contributed by atoms with Crippen LogP contribution in [0.2, 0.25) is 5.04 Å². The van der Waals surface area contributed by atoms with Gasteiger partial charge in [0.15, 0.2) is 0 Å². The standard InChI is InChI=1S/C5H8O3Si2/c1-4(2,9)5(8,10)3(6)7/h8H,1-2H3,(H,6,7). The first-order valence-electron chi connectivity index (χ1n) is 2.65. The van der Waals surface area contributed by atoms with E-state index in [0.29, 0.717) is 0 Å². The van der Waals surface area contributed by atoms with Crippen molar-refractivity contribution >= 4 is 26.5 Å².